The lowest BCUT2D eigenvalue weighted by atomic mass is 10.1. The smallest absolute Gasteiger partial charge is 0.337 e. The molecule has 1 aromatic carbocycles. The topological polar surface area (TPSA) is 60.4 Å². The molecular formula is C12H14O4S. The molecular weight excluding hydrogens is 240 g/mol. The molecule has 0 aliphatic rings. The molecule has 0 bridgehead atoms. The summed E-state index contributed by atoms with van der Waals surface area (Å²) in [5.74, 6) is -0.567. The second-order valence-corrected chi connectivity index (χ2v) is 5.74. The van der Waals surface area contributed by atoms with E-state index in [-0.39, 0.29) is 10.5 Å². The van der Waals surface area contributed by atoms with Crippen molar-refractivity contribution in [2.45, 2.75) is 11.8 Å². The van der Waals surface area contributed by atoms with E-state index >= 15 is 0 Å². The fourth-order valence-electron chi connectivity index (χ4n) is 1.43. The molecule has 0 saturated heterocycles. The molecule has 0 heterocycles. The normalized spacial score (nSPS) is 11.0. The van der Waals surface area contributed by atoms with Crippen molar-refractivity contribution in [1.82, 2.24) is 0 Å². The molecule has 1 aromatic rings. The summed E-state index contributed by atoms with van der Waals surface area (Å²) in [6.07, 6.45) is 1.09. The lowest BCUT2D eigenvalue weighted by Gasteiger charge is -2.09. The van der Waals surface area contributed by atoms with Gasteiger partial charge in [0.05, 0.1) is 17.6 Å². The molecule has 0 saturated carbocycles. The average Bonchev–Trinajstić information content (AvgIpc) is 2.25. The number of esters is 1. The van der Waals surface area contributed by atoms with Gasteiger partial charge in [0, 0.05) is 6.26 Å². The Hall–Kier alpha value is -1.62. The molecule has 92 valence electrons. The van der Waals surface area contributed by atoms with Crippen LogP contribution < -0.4 is 0 Å². The lowest BCUT2D eigenvalue weighted by molar-refractivity contribution is 0.0600. The largest absolute Gasteiger partial charge is 0.465 e. The van der Waals surface area contributed by atoms with Crippen LogP contribution in [0.25, 0.3) is 5.57 Å². The van der Waals surface area contributed by atoms with Crippen LogP contribution in [-0.2, 0) is 14.6 Å². The minimum atomic E-state index is -3.41. The van der Waals surface area contributed by atoms with Crippen molar-refractivity contribution in [3.8, 4) is 0 Å². The first-order valence-corrected chi connectivity index (χ1v) is 6.75. The van der Waals surface area contributed by atoms with E-state index in [1.807, 2.05) is 0 Å². The summed E-state index contributed by atoms with van der Waals surface area (Å²) in [5.41, 5.74) is 1.35. The Labute approximate surface area is 101 Å². The summed E-state index contributed by atoms with van der Waals surface area (Å²) >= 11 is 0. The highest BCUT2D eigenvalue weighted by atomic mass is 32.2. The number of hydrogen-bond acceptors (Lipinski definition) is 4. The standard InChI is InChI=1S/C12H14O4S/c1-8(2)10-6-5-9(12(13)16-3)7-11(10)17(4,14)15/h5-7H,1H2,2-4H3. The van der Waals surface area contributed by atoms with Gasteiger partial charge in [-0.2, -0.15) is 0 Å². The Kier molecular flexibility index (Phi) is 3.72. The van der Waals surface area contributed by atoms with Gasteiger partial charge in [0.15, 0.2) is 9.84 Å². The van der Waals surface area contributed by atoms with E-state index < -0.39 is 15.8 Å². The van der Waals surface area contributed by atoms with Crippen LogP contribution in [0.1, 0.15) is 22.8 Å². The molecule has 0 N–H and O–H groups in total. The zero-order valence-corrected chi connectivity index (χ0v) is 10.8. The third kappa shape index (κ3) is 2.94. The maximum absolute atomic E-state index is 11.6. The summed E-state index contributed by atoms with van der Waals surface area (Å²) < 4.78 is 27.8. The van der Waals surface area contributed by atoms with E-state index in [0.29, 0.717) is 11.1 Å². The second-order valence-electron chi connectivity index (χ2n) is 3.76. The second kappa shape index (κ2) is 4.71. The Bertz CT molecular complexity index is 570. The molecule has 0 radical (unpaired) electrons. The quantitative estimate of drug-likeness (QED) is 0.773. The van der Waals surface area contributed by atoms with Crippen molar-refractivity contribution in [3.05, 3.63) is 35.9 Å². The predicted octanol–water partition coefficient (Wildman–Crippen LogP) is 1.91. The zero-order valence-electron chi connectivity index (χ0n) is 9.98. The summed E-state index contributed by atoms with van der Waals surface area (Å²) in [7, 11) is -2.17. The van der Waals surface area contributed by atoms with E-state index in [1.54, 1.807) is 13.0 Å². The first kappa shape index (κ1) is 13.4. The van der Waals surface area contributed by atoms with Crippen LogP contribution in [0.4, 0.5) is 0 Å². The number of methoxy groups -OCH3 is 1. The van der Waals surface area contributed by atoms with Gasteiger partial charge < -0.3 is 4.74 Å². The molecule has 0 aliphatic carbocycles. The molecule has 0 amide bonds. The fourth-order valence-corrected chi connectivity index (χ4v) is 2.41. The highest BCUT2D eigenvalue weighted by Gasteiger charge is 2.17. The zero-order chi connectivity index (χ0) is 13.2. The van der Waals surface area contributed by atoms with Crippen LogP contribution in [0.3, 0.4) is 0 Å². The number of carbonyl (C=O) groups is 1. The molecule has 0 aliphatic heterocycles. The van der Waals surface area contributed by atoms with Crippen LogP contribution in [0.15, 0.2) is 29.7 Å². The Morgan fingerprint density at radius 3 is 2.35 bits per heavy atom. The third-order valence-electron chi connectivity index (χ3n) is 2.26. The monoisotopic (exact) mass is 254 g/mol. The molecule has 1 rings (SSSR count). The van der Waals surface area contributed by atoms with Gasteiger partial charge in [-0.15, -0.1) is 0 Å². The first-order chi connectivity index (χ1) is 7.77. The molecule has 0 unspecified atom stereocenters. The minimum Gasteiger partial charge on any atom is -0.465 e. The number of carbonyl (C=O) groups excluding carboxylic acids is 1. The van der Waals surface area contributed by atoms with Crippen molar-refractivity contribution in [2.24, 2.45) is 0 Å². The van der Waals surface area contributed by atoms with E-state index in [0.717, 1.165) is 6.26 Å². The Balaban J connectivity index is 3.51. The number of ether oxygens (including phenoxy) is 1. The highest BCUT2D eigenvalue weighted by Crippen LogP contribution is 2.23. The van der Waals surface area contributed by atoms with Crippen LogP contribution in [-0.4, -0.2) is 27.8 Å². The van der Waals surface area contributed by atoms with Crippen molar-refractivity contribution in [2.75, 3.05) is 13.4 Å². The number of rotatable bonds is 3. The molecule has 4 nitrogen and oxygen atoms in total. The molecule has 0 atom stereocenters. The third-order valence-corrected chi connectivity index (χ3v) is 3.40. The maximum atomic E-state index is 11.6. The van der Waals surface area contributed by atoms with Gasteiger partial charge in [-0.05, 0) is 30.2 Å². The van der Waals surface area contributed by atoms with Crippen LogP contribution in [0.5, 0.6) is 0 Å². The van der Waals surface area contributed by atoms with Crippen LogP contribution in [0, 0.1) is 0 Å². The summed E-state index contributed by atoms with van der Waals surface area (Å²) in [5, 5.41) is 0. The minimum absolute atomic E-state index is 0.0906. The molecule has 0 aromatic heterocycles. The van der Waals surface area contributed by atoms with Crippen molar-refractivity contribution in [3.63, 3.8) is 0 Å². The average molecular weight is 254 g/mol. The van der Waals surface area contributed by atoms with Crippen molar-refractivity contribution < 1.29 is 17.9 Å². The van der Waals surface area contributed by atoms with Gasteiger partial charge in [0.25, 0.3) is 0 Å². The van der Waals surface area contributed by atoms with E-state index in [4.69, 9.17) is 0 Å². The lowest BCUT2D eigenvalue weighted by Crippen LogP contribution is -2.06. The van der Waals surface area contributed by atoms with E-state index in [9.17, 15) is 13.2 Å². The molecule has 0 fully saturated rings. The van der Waals surface area contributed by atoms with Gasteiger partial charge in [0.2, 0.25) is 0 Å². The number of benzene rings is 1. The number of hydrogen-bond donors (Lipinski definition) is 0. The van der Waals surface area contributed by atoms with Crippen molar-refractivity contribution >= 4 is 21.4 Å². The van der Waals surface area contributed by atoms with Gasteiger partial charge in [-0.3, -0.25) is 0 Å². The molecule has 0 spiro atoms. The van der Waals surface area contributed by atoms with Gasteiger partial charge >= 0.3 is 5.97 Å². The summed E-state index contributed by atoms with van der Waals surface area (Å²) in [6, 6.07) is 4.39. The summed E-state index contributed by atoms with van der Waals surface area (Å²) in [4.78, 5) is 11.4. The van der Waals surface area contributed by atoms with Crippen LogP contribution in [0.2, 0.25) is 0 Å². The van der Waals surface area contributed by atoms with E-state index in [2.05, 4.69) is 11.3 Å². The maximum Gasteiger partial charge on any atom is 0.337 e. The van der Waals surface area contributed by atoms with Gasteiger partial charge in [-0.25, -0.2) is 13.2 Å². The van der Waals surface area contributed by atoms with Crippen LogP contribution >= 0.6 is 0 Å². The van der Waals surface area contributed by atoms with Gasteiger partial charge in [0.1, 0.15) is 0 Å². The first-order valence-electron chi connectivity index (χ1n) is 4.85. The van der Waals surface area contributed by atoms with Gasteiger partial charge in [-0.1, -0.05) is 12.6 Å². The van der Waals surface area contributed by atoms with E-state index in [1.165, 1.54) is 19.2 Å². The molecule has 17 heavy (non-hydrogen) atoms. The fraction of sp³-hybridized carbons (Fsp3) is 0.250. The number of sulfone groups is 1. The SMILES string of the molecule is C=C(C)c1ccc(C(=O)OC)cc1S(C)(=O)=O. The predicted molar refractivity (Wildman–Crippen MR) is 65.6 cm³/mol. The Morgan fingerprint density at radius 1 is 1.35 bits per heavy atom. The molecule has 5 heteroatoms. The summed E-state index contributed by atoms with van der Waals surface area (Å²) in [6.45, 7) is 5.42. The Morgan fingerprint density at radius 2 is 1.94 bits per heavy atom. The highest BCUT2D eigenvalue weighted by molar-refractivity contribution is 7.90. The van der Waals surface area contributed by atoms with Crippen molar-refractivity contribution in [1.29, 1.82) is 0 Å². The number of allylic oxidation sites excluding steroid dienone is 1.